The second kappa shape index (κ2) is 29.0. The third-order valence-corrected chi connectivity index (χ3v) is 6.27. The largest absolute Gasteiger partial charge is 0.472 e. The quantitative estimate of drug-likeness (QED) is 0.0796. The van der Waals surface area contributed by atoms with Crippen LogP contribution in [0.1, 0.15) is 135 Å². The van der Waals surface area contributed by atoms with Crippen molar-refractivity contribution in [3.8, 4) is 24.2 Å². The third kappa shape index (κ3) is 29.8. The molecule has 0 aliphatic rings. The van der Waals surface area contributed by atoms with Crippen LogP contribution in [0.5, 0.6) is 0 Å². The van der Waals surface area contributed by atoms with E-state index < -0.39 is 12.1 Å². The van der Waals surface area contributed by atoms with E-state index >= 15 is 0 Å². The van der Waals surface area contributed by atoms with Gasteiger partial charge in [-0.15, -0.1) is 6.42 Å². The van der Waals surface area contributed by atoms with Gasteiger partial charge < -0.3 is 10.2 Å². The lowest BCUT2D eigenvalue weighted by molar-refractivity contribution is -0.130. The van der Waals surface area contributed by atoms with Gasteiger partial charge in [-0.05, 0) is 63.5 Å². The first-order valence-electron chi connectivity index (χ1n) is 14.5. The zero-order valence-corrected chi connectivity index (χ0v) is 22.8. The van der Waals surface area contributed by atoms with Crippen LogP contribution in [0, 0.1) is 24.2 Å². The SMILES string of the molecule is C#CC(O)C=CCCCCCCCCCC=CCCCCCCCCCCCCC=CC#CC(=O)O. The van der Waals surface area contributed by atoms with Gasteiger partial charge in [0.05, 0.1) is 0 Å². The number of aliphatic carboxylic acids is 1. The lowest BCUT2D eigenvalue weighted by Gasteiger charge is -2.02. The van der Waals surface area contributed by atoms with Crippen LogP contribution in [0.25, 0.3) is 0 Å². The fraction of sp³-hybridized carbons (Fsp3) is 0.667. The molecule has 36 heavy (non-hydrogen) atoms. The van der Waals surface area contributed by atoms with E-state index in [4.69, 9.17) is 11.5 Å². The topological polar surface area (TPSA) is 57.5 Å². The molecule has 1 unspecified atom stereocenters. The first kappa shape index (κ1) is 33.8. The molecule has 0 heterocycles. The molecule has 0 amide bonds. The second-order valence-electron chi connectivity index (χ2n) is 9.65. The van der Waals surface area contributed by atoms with Gasteiger partial charge in [0.1, 0.15) is 6.10 Å². The van der Waals surface area contributed by atoms with Crippen molar-refractivity contribution in [2.24, 2.45) is 0 Å². The lowest BCUT2D eigenvalue weighted by Crippen LogP contribution is -1.95. The number of hydrogen-bond donors (Lipinski definition) is 2. The number of carboxylic acids is 1. The number of carboxylic acid groups (broad SMARTS) is 1. The minimum atomic E-state index is -1.07. The van der Waals surface area contributed by atoms with Gasteiger partial charge in [0.15, 0.2) is 0 Å². The molecule has 202 valence electrons. The first-order chi connectivity index (χ1) is 17.7. The molecule has 0 bridgehead atoms. The van der Waals surface area contributed by atoms with Gasteiger partial charge >= 0.3 is 5.97 Å². The van der Waals surface area contributed by atoms with Gasteiger partial charge in [-0.2, -0.15) is 0 Å². The normalized spacial score (nSPS) is 12.2. The minimum Gasteiger partial charge on any atom is -0.472 e. The van der Waals surface area contributed by atoms with E-state index in [0.29, 0.717) is 0 Å². The summed E-state index contributed by atoms with van der Waals surface area (Å²) in [6.07, 6.45) is 43.3. The summed E-state index contributed by atoms with van der Waals surface area (Å²) in [7, 11) is 0. The van der Waals surface area contributed by atoms with E-state index in [0.717, 1.165) is 12.8 Å². The molecule has 0 saturated carbocycles. The first-order valence-corrected chi connectivity index (χ1v) is 14.5. The van der Waals surface area contributed by atoms with Crippen molar-refractivity contribution in [3.63, 3.8) is 0 Å². The number of unbranched alkanes of at least 4 members (excludes halogenated alkanes) is 19. The smallest absolute Gasteiger partial charge is 0.382 e. The van der Waals surface area contributed by atoms with Crippen molar-refractivity contribution >= 4 is 5.97 Å². The number of aliphatic hydroxyl groups is 1. The monoisotopic (exact) mass is 496 g/mol. The number of aliphatic hydroxyl groups excluding tert-OH is 1. The summed E-state index contributed by atoms with van der Waals surface area (Å²) in [5.74, 6) is 5.82. The van der Waals surface area contributed by atoms with E-state index in [9.17, 15) is 9.90 Å². The van der Waals surface area contributed by atoms with E-state index in [1.807, 2.05) is 12.2 Å². The number of carbonyl (C=O) groups is 1. The third-order valence-electron chi connectivity index (χ3n) is 6.27. The molecule has 0 aromatic rings. The fourth-order valence-corrected chi connectivity index (χ4v) is 4.11. The summed E-state index contributed by atoms with van der Waals surface area (Å²) < 4.78 is 0. The highest BCUT2D eigenvalue weighted by atomic mass is 16.4. The lowest BCUT2D eigenvalue weighted by atomic mass is 10.0. The zero-order valence-electron chi connectivity index (χ0n) is 22.8. The van der Waals surface area contributed by atoms with E-state index in [2.05, 4.69) is 29.9 Å². The minimum absolute atomic E-state index is 0.723. The summed E-state index contributed by atoms with van der Waals surface area (Å²) in [5, 5.41) is 17.6. The van der Waals surface area contributed by atoms with Crippen molar-refractivity contribution in [2.75, 3.05) is 0 Å². The Bertz CT molecular complexity index is 684. The van der Waals surface area contributed by atoms with Crippen molar-refractivity contribution < 1.29 is 15.0 Å². The zero-order chi connectivity index (χ0) is 26.4. The Labute approximate surface area is 222 Å². The summed E-state index contributed by atoms with van der Waals surface area (Å²) in [5.41, 5.74) is 0. The average Bonchev–Trinajstić information content (AvgIpc) is 2.87. The molecule has 0 radical (unpaired) electrons. The van der Waals surface area contributed by atoms with Crippen LogP contribution in [-0.4, -0.2) is 22.3 Å². The highest BCUT2D eigenvalue weighted by molar-refractivity contribution is 5.86. The molecule has 1 atom stereocenters. The van der Waals surface area contributed by atoms with Gasteiger partial charge in [-0.25, -0.2) is 4.79 Å². The molecule has 0 saturated heterocycles. The Kier molecular flexibility index (Phi) is 27.2. The summed E-state index contributed by atoms with van der Waals surface area (Å²) in [4.78, 5) is 10.2. The number of allylic oxidation sites excluding steroid dienone is 5. The molecular formula is C33H52O3. The van der Waals surface area contributed by atoms with E-state index in [1.165, 1.54) is 122 Å². The Balaban J connectivity index is 3.21. The molecular weight excluding hydrogens is 444 g/mol. The van der Waals surface area contributed by atoms with Gasteiger partial charge in [0.25, 0.3) is 0 Å². The highest BCUT2D eigenvalue weighted by Crippen LogP contribution is 2.13. The van der Waals surface area contributed by atoms with Crippen LogP contribution in [0.2, 0.25) is 0 Å². The second-order valence-corrected chi connectivity index (χ2v) is 9.65. The number of rotatable bonds is 24. The maximum Gasteiger partial charge on any atom is 0.382 e. The van der Waals surface area contributed by atoms with Crippen LogP contribution >= 0.6 is 0 Å². The maximum absolute atomic E-state index is 10.2. The molecule has 0 fully saturated rings. The Morgan fingerprint density at radius 1 is 0.611 bits per heavy atom. The molecule has 0 aliphatic carbocycles. The molecule has 0 aromatic carbocycles. The maximum atomic E-state index is 10.2. The van der Waals surface area contributed by atoms with Gasteiger partial charge in [-0.1, -0.05) is 120 Å². The van der Waals surface area contributed by atoms with Crippen LogP contribution in [0.4, 0.5) is 0 Å². The average molecular weight is 497 g/mol. The van der Waals surface area contributed by atoms with Crippen molar-refractivity contribution in [1.29, 1.82) is 0 Å². The summed E-state index contributed by atoms with van der Waals surface area (Å²) in [6, 6.07) is 0. The van der Waals surface area contributed by atoms with Gasteiger partial charge in [0, 0.05) is 5.92 Å². The predicted octanol–water partition coefficient (Wildman–Crippen LogP) is 8.93. The Morgan fingerprint density at radius 2 is 0.972 bits per heavy atom. The van der Waals surface area contributed by atoms with Crippen molar-refractivity contribution in [3.05, 3.63) is 36.5 Å². The van der Waals surface area contributed by atoms with E-state index in [-0.39, 0.29) is 0 Å². The van der Waals surface area contributed by atoms with Crippen LogP contribution in [0.3, 0.4) is 0 Å². The summed E-state index contributed by atoms with van der Waals surface area (Å²) >= 11 is 0. The number of terminal acetylenes is 1. The van der Waals surface area contributed by atoms with Crippen molar-refractivity contribution in [1.82, 2.24) is 0 Å². The standard InChI is InChI=1S/C33H52O3/c1-2-32(34)30-28-26-24-22-20-18-16-14-12-10-8-6-4-3-5-7-9-11-13-15-17-19-21-23-25-27-29-31-33(35)36/h1,6,8,25,27-28,30,32,34H,3-5,7,9-24,26H2,(H,35,36). The van der Waals surface area contributed by atoms with Gasteiger partial charge in [-0.3, -0.25) is 0 Å². The van der Waals surface area contributed by atoms with E-state index in [1.54, 1.807) is 12.2 Å². The van der Waals surface area contributed by atoms with Crippen LogP contribution in [-0.2, 0) is 4.79 Å². The Hall–Kier alpha value is -2.23. The molecule has 3 heteroatoms. The highest BCUT2D eigenvalue weighted by Gasteiger charge is 1.94. The predicted molar refractivity (Wildman–Crippen MR) is 155 cm³/mol. The molecule has 2 N–H and O–H groups in total. The molecule has 0 spiro atoms. The van der Waals surface area contributed by atoms with Gasteiger partial charge in [0.2, 0.25) is 0 Å². The number of hydrogen-bond acceptors (Lipinski definition) is 2. The molecule has 0 aliphatic heterocycles. The molecule has 0 rings (SSSR count). The molecule has 0 aromatic heterocycles. The van der Waals surface area contributed by atoms with Crippen LogP contribution < -0.4 is 0 Å². The Morgan fingerprint density at radius 3 is 1.36 bits per heavy atom. The fourth-order valence-electron chi connectivity index (χ4n) is 4.11. The van der Waals surface area contributed by atoms with Crippen molar-refractivity contribution in [2.45, 2.75) is 141 Å². The summed E-state index contributed by atoms with van der Waals surface area (Å²) in [6.45, 7) is 0. The molecule has 3 nitrogen and oxygen atoms in total. The van der Waals surface area contributed by atoms with Crippen LogP contribution in [0.15, 0.2) is 36.5 Å².